The van der Waals surface area contributed by atoms with Gasteiger partial charge in [0.1, 0.15) is 11.5 Å². The van der Waals surface area contributed by atoms with Crippen molar-refractivity contribution < 1.29 is 28.2 Å². The molecule has 1 fully saturated rings. The first kappa shape index (κ1) is 21.6. The summed E-state index contributed by atoms with van der Waals surface area (Å²) >= 11 is 3.33. The molecule has 32 heavy (non-hydrogen) atoms. The predicted molar refractivity (Wildman–Crippen MR) is 116 cm³/mol. The van der Waals surface area contributed by atoms with E-state index in [1.165, 1.54) is 31.6 Å². The first-order chi connectivity index (χ1) is 15.3. The number of aliphatic hydroxyl groups is 1. The molecule has 2 aromatic carbocycles. The molecule has 1 saturated heterocycles. The zero-order chi connectivity index (χ0) is 23.0. The Kier molecular flexibility index (Phi) is 5.75. The second-order valence-electron chi connectivity index (χ2n) is 6.90. The third-order valence-electron chi connectivity index (χ3n) is 5.05. The van der Waals surface area contributed by atoms with E-state index in [1.807, 2.05) is 0 Å². The van der Waals surface area contributed by atoms with Gasteiger partial charge in [0, 0.05) is 29.7 Å². The summed E-state index contributed by atoms with van der Waals surface area (Å²) in [4.78, 5) is 31.0. The number of hydrogen-bond donors (Lipinski definition) is 1. The number of ketones is 1. The second kappa shape index (κ2) is 8.51. The van der Waals surface area contributed by atoms with E-state index < -0.39 is 35.1 Å². The van der Waals surface area contributed by atoms with Gasteiger partial charge in [-0.05, 0) is 57.9 Å². The molecule has 6 nitrogen and oxygen atoms in total. The summed E-state index contributed by atoms with van der Waals surface area (Å²) in [6.07, 6.45) is 2.94. The highest BCUT2D eigenvalue weighted by Gasteiger charge is 2.47. The number of nitrogens with zero attached hydrogens (tertiary/aromatic N) is 2. The van der Waals surface area contributed by atoms with Gasteiger partial charge in [-0.3, -0.25) is 19.5 Å². The standard InChI is InChI=1S/C23H15BrF2N2O4/c1-32-18-7-4-12(9-15(18)24)21(29)19-20(13-3-2-8-27-11-13)28(23(31)22(19)30)14-5-6-16(25)17(26)10-14/h2-11,20,29H,1H3/b21-19+. The lowest BCUT2D eigenvalue weighted by Crippen LogP contribution is -2.29. The topological polar surface area (TPSA) is 79.7 Å². The van der Waals surface area contributed by atoms with Crippen molar-refractivity contribution in [2.24, 2.45) is 0 Å². The number of halogens is 3. The zero-order valence-corrected chi connectivity index (χ0v) is 18.1. The first-order valence-corrected chi connectivity index (χ1v) is 10.1. The van der Waals surface area contributed by atoms with Gasteiger partial charge in [0.05, 0.1) is 23.2 Å². The van der Waals surface area contributed by atoms with E-state index in [9.17, 15) is 23.5 Å². The van der Waals surface area contributed by atoms with Gasteiger partial charge in [0.25, 0.3) is 11.7 Å². The maximum Gasteiger partial charge on any atom is 0.300 e. The average Bonchev–Trinajstić information content (AvgIpc) is 3.06. The molecule has 0 saturated carbocycles. The molecule has 4 rings (SSSR count). The summed E-state index contributed by atoms with van der Waals surface area (Å²) in [5, 5.41) is 11.1. The van der Waals surface area contributed by atoms with Crippen LogP contribution in [0.2, 0.25) is 0 Å². The van der Waals surface area contributed by atoms with Crippen molar-refractivity contribution in [3.05, 3.63) is 93.7 Å². The molecule has 162 valence electrons. The number of carbonyl (C=O) groups is 2. The summed E-state index contributed by atoms with van der Waals surface area (Å²) < 4.78 is 33.1. The van der Waals surface area contributed by atoms with Crippen LogP contribution in [0.3, 0.4) is 0 Å². The minimum absolute atomic E-state index is 0.0326. The fraction of sp³-hybridized carbons (Fsp3) is 0.0870. The molecule has 0 bridgehead atoms. The molecule has 1 N–H and O–H groups in total. The van der Waals surface area contributed by atoms with Gasteiger partial charge >= 0.3 is 0 Å². The SMILES string of the molecule is COc1ccc(/C(O)=C2\C(=O)C(=O)N(c3ccc(F)c(F)c3)C2c2cccnc2)cc1Br. The molecule has 2 heterocycles. The number of aliphatic hydroxyl groups excluding tert-OH is 1. The van der Waals surface area contributed by atoms with Gasteiger partial charge in [0.15, 0.2) is 11.6 Å². The van der Waals surface area contributed by atoms with Gasteiger partial charge in [-0.2, -0.15) is 0 Å². The summed E-state index contributed by atoms with van der Waals surface area (Å²) in [5.74, 6) is -4.13. The molecule has 1 amide bonds. The lowest BCUT2D eigenvalue weighted by Gasteiger charge is -2.25. The highest BCUT2D eigenvalue weighted by atomic mass is 79.9. The van der Waals surface area contributed by atoms with Crippen molar-refractivity contribution in [3.8, 4) is 5.75 Å². The third kappa shape index (κ3) is 3.64. The van der Waals surface area contributed by atoms with Crippen molar-refractivity contribution in [3.63, 3.8) is 0 Å². The highest BCUT2D eigenvalue weighted by molar-refractivity contribution is 9.10. The van der Waals surface area contributed by atoms with Crippen LogP contribution in [0.15, 0.2) is 71.0 Å². The van der Waals surface area contributed by atoms with Crippen molar-refractivity contribution in [1.82, 2.24) is 4.98 Å². The molecular formula is C23H15BrF2N2O4. The van der Waals surface area contributed by atoms with E-state index >= 15 is 0 Å². The summed E-state index contributed by atoms with van der Waals surface area (Å²) in [5.41, 5.74) is 0.431. The van der Waals surface area contributed by atoms with Crippen LogP contribution in [-0.2, 0) is 9.59 Å². The minimum Gasteiger partial charge on any atom is -0.507 e. The van der Waals surface area contributed by atoms with E-state index in [1.54, 1.807) is 24.3 Å². The van der Waals surface area contributed by atoms with E-state index in [0.717, 1.165) is 17.0 Å². The molecule has 1 unspecified atom stereocenters. The number of pyridine rings is 1. The van der Waals surface area contributed by atoms with Crippen LogP contribution in [0.5, 0.6) is 5.75 Å². The van der Waals surface area contributed by atoms with Crippen LogP contribution in [-0.4, -0.2) is 28.9 Å². The van der Waals surface area contributed by atoms with Crippen LogP contribution >= 0.6 is 15.9 Å². The smallest absolute Gasteiger partial charge is 0.300 e. The Balaban J connectivity index is 1.94. The van der Waals surface area contributed by atoms with Crippen molar-refractivity contribution in [2.45, 2.75) is 6.04 Å². The van der Waals surface area contributed by atoms with Crippen LogP contribution < -0.4 is 9.64 Å². The Hall–Kier alpha value is -3.59. The summed E-state index contributed by atoms with van der Waals surface area (Å²) in [7, 11) is 1.48. The molecule has 1 atom stereocenters. The number of amides is 1. The Morgan fingerprint density at radius 1 is 1.12 bits per heavy atom. The lowest BCUT2D eigenvalue weighted by molar-refractivity contribution is -0.132. The van der Waals surface area contributed by atoms with Gasteiger partial charge < -0.3 is 9.84 Å². The summed E-state index contributed by atoms with van der Waals surface area (Å²) in [6, 6.07) is 9.66. The lowest BCUT2D eigenvalue weighted by atomic mass is 9.96. The Morgan fingerprint density at radius 3 is 2.53 bits per heavy atom. The van der Waals surface area contributed by atoms with E-state index in [-0.39, 0.29) is 16.8 Å². The number of Topliss-reactive ketones (excluding diaryl/α,β-unsaturated/α-hetero) is 1. The molecular weight excluding hydrogens is 486 g/mol. The zero-order valence-electron chi connectivity index (χ0n) is 16.6. The quantitative estimate of drug-likeness (QED) is 0.317. The van der Waals surface area contributed by atoms with E-state index in [0.29, 0.717) is 15.8 Å². The van der Waals surface area contributed by atoms with Crippen molar-refractivity contribution in [2.75, 3.05) is 12.0 Å². The van der Waals surface area contributed by atoms with E-state index in [4.69, 9.17) is 4.74 Å². The largest absolute Gasteiger partial charge is 0.507 e. The molecule has 3 aromatic rings. The Bertz CT molecular complexity index is 1260. The number of ether oxygens (including phenoxy) is 1. The molecule has 1 aliphatic rings. The van der Waals surface area contributed by atoms with Crippen LogP contribution in [0.4, 0.5) is 14.5 Å². The number of carbonyl (C=O) groups excluding carboxylic acids is 2. The number of aromatic nitrogens is 1. The van der Waals surface area contributed by atoms with E-state index in [2.05, 4.69) is 20.9 Å². The van der Waals surface area contributed by atoms with Crippen LogP contribution in [0, 0.1) is 11.6 Å². The normalized spacial score (nSPS) is 17.6. The number of hydrogen-bond acceptors (Lipinski definition) is 5. The molecule has 9 heteroatoms. The first-order valence-electron chi connectivity index (χ1n) is 9.33. The van der Waals surface area contributed by atoms with Crippen molar-refractivity contribution >= 4 is 39.1 Å². The van der Waals surface area contributed by atoms with Gasteiger partial charge in [-0.15, -0.1) is 0 Å². The minimum atomic E-state index is -1.17. The van der Waals surface area contributed by atoms with Crippen LogP contribution in [0.25, 0.3) is 5.76 Å². The molecule has 1 aliphatic heterocycles. The molecule has 0 radical (unpaired) electrons. The Morgan fingerprint density at radius 2 is 1.91 bits per heavy atom. The van der Waals surface area contributed by atoms with Gasteiger partial charge in [-0.25, -0.2) is 8.78 Å². The maximum absolute atomic E-state index is 13.9. The van der Waals surface area contributed by atoms with Gasteiger partial charge in [-0.1, -0.05) is 6.07 Å². The number of rotatable bonds is 4. The Labute approximate surface area is 189 Å². The number of methoxy groups -OCH3 is 1. The average molecular weight is 501 g/mol. The fourth-order valence-corrected chi connectivity index (χ4v) is 4.10. The summed E-state index contributed by atoms with van der Waals surface area (Å²) in [6.45, 7) is 0. The second-order valence-corrected chi connectivity index (χ2v) is 7.76. The van der Waals surface area contributed by atoms with Crippen molar-refractivity contribution in [1.29, 1.82) is 0 Å². The number of benzene rings is 2. The molecule has 0 spiro atoms. The van der Waals surface area contributed by atoms with Gasteiger partial charge in [0.2, 0.25) is 0 Å². The predicted octanol–water partition coefficient (Wildman–Crippen LogP) is 4.76. The third-order valence-corrected chi connectivity index (χ3v) is 5.67. The number of anilines is 1. The monoisotopic (exact) mass is 500 g/mol. The van der Waals surface area contributed by atoms with Crippen LogP contribution in [0.1, 0.15) is 17.2 Å². The fourth-order valence-electron chi connectivity index (χ4n) is 3.56. The molecule has 0 aliphatic carbocycles. The maximum atomic E-state index is 13.9. The highest BCUT2D eigenvalue weighted by Crippen LogP contribution is 2.42. The molecule has 1 aromatic heterocycles.